The summed E-state index contributed by atoms with van der Waals surface area (Å²) < 4.78 is 0. The van der Waals surface area contributed by atoms with Crippen LogP contribution in [0, 0.1) is 0 Å². The van der Waals surface area contributed by atoms with Crippen LogP contribution in [0.15, 0.2) is 0 Å². The zero-order valence-electron chi connectivity index (χ0n) is 6.12. The topological polar surface area (TPSA) is 0 Å². The Balaban J connectivity index is 0. The van der Waals surface area contributed by atoms with Crippen LogP contribution in [0.1, 0.15) is 0 Å². The first-order chi connectivity index (χ1) is 0. The van der Waals surface area contributed by atoms with E-state index in [1.807, 2.05) is 0 Å². The van der Waals surface area contributed by atoms with Gasteiger partial charge in [0, 0.05) is 0 Å². The van der Waals surface area contributed by atoms with Gasteiger partial charge in [0.25, 0.3) is 0 Å². The molecule has 0 saturated heterocycles. The van der Waals surface area contributed by atoms with Crippen molar-refractivity contribution < 1.29 is 0 Å². The molecule has 0 bridgehead atoms. The van der Waals surface area contributed by atoms with E-state index >= 15 is 0 Å². The SMILES string of the molecule is Cl.Cl.Cl.Cl.Cl.Cl.Cl.Cl.Cl.Cl.Cl.Cl.Cl.Cl.Cl. The van der Waals surface area contributed by atoms with E-state index in [9.17, 15) is 0 Å². The molecule has 0 fully saturated rings. The summed E-state index contributed by atoms with van der Waals surface area (Å²) in [6.07, 6.45) is 0. The van der Waals surface area contributed by atoms with Crippen molar-refractivity contribution in [3.63, 3.8) is 0 Å². The minimum absolute atomic E-state index is 0. The highest BCUT2D eigenvalue weighted by molar-refractivity contribution is 5.87. The van der Waals surface area contributed by atoms with Crippen molar-refractivity contribution in [3.05, 3.63) is 0 Å². The van der Waals surface area contributed by atoms with Gasteiger partial charge in [-0.3, -0.25) is 0 Å². The smallest absolute Gasteiger partial charge is 0.147 e. The van der Waals surface area contributed by atoms with Crippen LogP contribution in [0.25, 0.3) is 0 Å². The highest BCUT2D eigenvalue weighted by atomic mass is 35.5. The van der Waals surface area contributed by atoms with Crippen LogP contribution < -0.4 is 0 Å². The van der Waals surface area contributed by atoms with E-state index in [-0.39, 0.29) is 186 Å². The molecule has 0 N–H and O–H groups in total. The van der Waals surface area contributed by atoms with Gasteiger partial charge in [0.05, 0.1) is 0 Å². The molecule has 0 amide bonds. The van der Waals surface area contributed by atoms with Crippen LogP contribution in [0.4, 0.5) is 0 Å². The molecule has 0 aliphatic rings. The summed E-state index contributed by atoms with van der Waals surface area (Å²) in [6, 6.07) is 0. The second kappa shape index (κ2) is 292. The zero-order chi connectivity index (χ0) is 0. The van der Waals surface area contributed by atoms with Crippen LogP contribution in [-0.2, 0) is 0 Å². The molecule has 0 aromatic carbocycles. The molecule has 0 heterocycles. The molecule has 0 nitrogen and oxygen atoms in total. The fourth-order valence-electron chi connectivity index (χ4n) is 0. The van der Waals surface area contributed by atoms with Gasteiger partial charge in [0.15, 0.2) is 0 Å². The maximum Gasteiger partial charge on any atom is -0.147 e. The number of halogens is 15. The zero-order valence-corrected chi connectivity index (χ0v) is 18.4. The minimum atomic E-state index is 0. The Morgan fingerprint density at radius 2 is 0.0667 bits per heavy atom. The van der Waals surface area contributed by atoms with Crippen LogP contribution in [0.5, 0.6) is 0 Å². The van der Waals surface area contributed by atoms with Crippen molar-refractivity contribution in [2.45, 2.75) is 0 Å². The first-order valence-electron chi connectivity index (χ1n) is 0. The second-order valence-corrected chi connectivity index (χ2v) is 0. The predicted octanol–water partition coefficient (Wildman–Crippen LogP) is 6.33. The lowest BCUT2D eigenvalue weighted by molar-refractivity contribution is 5.85. The maximum atomic E-state index is 0. The Bertz CT molecular complexity index is 0. The van der Waals surface area contributed by atoms with Crippen LogP contribution in [0.3, 0.4) is 0 Å². The Morgan fingerprint density at radius 1 is 0.0667 bits per heavy atom. The molecular formula is H15Cl15. The lowest BCUT2D eigenvalue weighted by Gasteiger charge is -0.148. The standard InChI is InChI=1S/15ClH/h15*1H. The van der Waals surface area contributed by atoms with Crippen LogP contribution in [0.2, 0.25) is 0 Å². The molecule has 0 aliphatic heterocycles. The minimum Gasteiger partial charge on any atom is -0.147 e. The van der Waals surface area contributed by atoms with E-state index in [4.69, 9.17) is 0 Å². The summed E-state index contributed by atoms with van der Waals surface area (Å²) in [5, 5.41) is 0. The third kappa shape index (κ3) is 259. The highest BCUT2D eigenvalue weighted by Gasteiger charge is -0.133. The summed E-state index contributed by atoms with van der Waals surface area (Å²) in [6.45, 7) is 0. The summed E-state index contributed by atoms with van der Waals surface area (Å²) >= 11 is 0. The number of hydrogen-bond acceptors (Lipinski definition) is 0. The lowest BCUT2D eigenvalue weighted by Crippen LogP contribution is 0.688. The summed E-state index contributed by atoms with van der Waals surface area (Å²) in [5.74, 6) is 0. The summed E-state index contributed by atoms with van der Waals surface area (Å²) in [7, 11) is 0. The van der Waals surface area contributed by atoms with Crippen LogP contribution >= 0.6 is 186 Å². The molecule has 0 aliphatic carbocycles. The van der Waals surface area contributed by atoms with Crippen LogP contribution in [-0.4, -0.2) is 0 Å². The van der Waals surface area contributed by atoms with Crippen molar-refractivity contribution in [2.75, 3.05) is 0 Å². The van der Waals surface area contributed by atoms with Gasteiger partial charge in [-0.05, 0) is 0 Å². The molecule has 0 spiro atoms. The number of hydrogen-bond donors (Lipinski definition) is 0. The summed E-state index contributed by atoms with van der Waals surface area (Å²) in [5.41, 5.74) is 0. The van der Waals surface area contributed by atoms with E-state index < -0.39 is 0 Å². The lowest BCUT2D eigenvalue weighted by atomic mass is 35.5. The highest BCUT2D eigenvalue weighted by Crippen LogP contribution is 0.704. The van der Waals surface area contributed by atoms with Crippen molar-refractivity contribution in [1.29, 1.82) is 0 Å². The molecule has 0 unspecified atom stereocenters. The molecule has 15 heavy (non-hydrogen) atoms. The first kappa shape index (κ1) is 344. The Hall–Kier alpha value is 4.35. The van der Waals surface area contributed by atoms with Gasteiger partial charge in [-0.15, -0.1) is 186 Å². The van der Waals surface area contributed by atoms with Gasteiger partial charge in [-0.1, -0.05) is 0 Å². The van der Waals surface area contributed by atoms with E-state index in [0.717, 1.165) is 0 Å². The average molecular weight is 547 g/mol. The molecular weight excluding hydrogens is 532 g/mol. The fraction of sp³-hybridized carbons (Fsp3) is 0. The van der Waals surface area contributed by atoms with Crippen molar-refractivity contribution in [3.8, 4) is 0 Å². The third-order valence-corrected chi connectivity index (χ3v) is 0. The average Bonchev–Trinajstić information content (AvgIpc) is 0. The molecule has 15 heteroatoms. The Labute approximate surface area is 184 Å². The normalized spacial score (nSPS) is 0. The molecule has 0 atom stereocenters. The quantitative estimate of drug-likeness (QED) is 0.333. The van der Waals surface area contributed by atoms with E-state index in [1.54, 1.807) is 0 Å². The Morgan fingerprint density at radius 3 is 0.0667 bits per heavy atom. The molecule has 0 saturated carbocycles. The maximum absolute atomic E-state index is 0. The van der Waals surface area contributed by atoms with Gasteiger partial charge in [0.2, 0.25) is 0 Å². The van der Waals surface area contributed by atoms with Crippen molar-refractivity contribution in [2.24, 2.45) is 0 Å². The fourth-order valence-corrected chi connectivity index (χ4v) is 0. The summed E-state index contributed by atoms with van der Waals surface area (Å²) in [4.78, 5) is 0. The second-order valence-electron chi connectivity index (χ2n) is 0. The van der Waals surface area contributed by atoms with Gasteiger partial charge in [0.1, 0.15) is 0 Å². The molecule has 0 rings (SSSR count). The first-order valence-corrected chi connectivity index (χ1v) is 0. The molecule has 0 radical (unpaired) electrons. The third-order valence-electron chi connectivity index (χ3n) is 0. The number of rotatable bonds is 0. The van der Waals surface area contributed by atoms with E-state index in [0.29, 0.717) is 0 Å². The van der Waals surface area contributed by atoms with Gasteiger partial charge < -0.3 is 0 Å². The van der Waals surface area contributed by atoms with E-state index in [1.165, 1.54) is 0 Å². The largest absolute Gasteiger partial charge is 0.147 e. The predicted molar refractivity (Wildman–Crippen MR) is 109 cm³/mol. The van der Waals surface area contributed by atoms with E-state index in [2.05, 4.69) is 0 Å². The van der Waals surface area contributed by atoms with Crippen molar-refractivity contribution in [1.82, 2.24) is 0 Å². The monoisotopic (exact) mass is 540 g/mol. The molecule has 0 aromatic rings. The van der Waals surface area contributed by atoms with Gasteiger partial charge in [-0.2, -0.15) is 0 Å². The molecule has 0 aromatic heterocycles. The Kier molecular flexibility index (Phi) is 6700. The van der Waals surface area contributed by atoms with Crippen molar-refractivity contribution >= 4 is 186 Å². The van der Waals surface area contributed by atoms with Gasteiger partial charge in [-0.25, -0.2) is 0 Å². The molecule has 120 valence electrons. The van der Waals surface area contributed by atoms with Gasteiger partial charge >= 0.3 is 0 Å².